The molecule has 0 aromatic carbocycles. The second-order valence-electron chi connectivity index (χ2n) is 7.61. The van der Waals surface area contributed by atoms with Gasteiger partial charge in [-0.1, -0.05) is 6.07 Å². The molecule has 1 atom stereocenters. The molecule has 0 bridgehead atoms. The van der Waals surface area contributed by atoms with Crippen molar-refractivity contribution in [3.63, 3.8) is 0 Å². The van der Waals surface area contributed by atoms with Crippen molar-refractivity contribution < 1.29 is 31.5 Å². The zero-order chi connectivity index (χ0) is 24.4. The van der Waals surface area contributed by atoms with Gasteiger partial charge in [0.2, 0.25) is 0 Å². The lowest BCUT2D eigenvalue weighted by molar-refractivity contribution is -0.142. The van der Waals surface area contributed by atoms with Gasteiger partial charge in [-0.05, 0) is 31.3 Å². The maximum absolute atomic E-state index is 14.1. The number of rotatable bonds is 6. The number of aromatic nitrogens is 1. The summed E-state index contributed by atoms with van der Waals surface area (Å²) in [5, 5.41) is 13.0. The molecule has 2 heterocycles. The van der Waals surface area contributed by atoms with Crippen LogP contribution in [0.2, 0.25) is 0 Å². The SMILES string of the molecule is CN/C(C(=O)NC1CN(C)CC1(F)F)=C1/C=C(OCc2cccnc2C(F)(F)F)C=CC1=N. The third-order valence-electron chi connectivity index (χ3n) is 5.08. The Balaban J connectivity index is 1.81. The fourth-order valence-corrected chi connectivity index (χ4v) is 3.52. The largest absolute Gasteiger partial charge is 0.489 e. The molecule has 3 N–H and O–H groups in total. The Hall–Kier alpha value is -3.28. The molecule has 1 aromatic rings. The van der Waals surface area contributed by atoms with E-state index in [1.54, 1.807) is 0 Å². The van der Waals surface area contributed by atoms with E-state index in [1.807, 2.05) is 0 Å². The van der Waals surface area contributed by atoms with Gasteiger partial charge in [-0.2, -0.15) is 13.2 Å². The summed E-state index contributed by atoms with van der Waals surface area (Å²) in [5.74, 6) is -3.86. The number of halogens is 5. The van der Waals surface area contributed by atoms with Crippen LogP contribution < -0.4 is 10.6 Å². The predicted molar refractivity (Wildman–Crippen MR) is 109 cm³/mol. The number of likely N-dealkylation sites (N-methyl/N-ethyl adjacent to an activating group) is 2. The number of nitrogens with zero attached hydrogens (tertiary/aromatic N) is 2. The minimum Gasteiger partial charge on any atom is -0.489 e. The number of amides is 1. The normalized spacial score (nSPS) is 22.1. The van der Waals surface area contributed by atoms with Crippen LogP contribution in [0.3, 0.4) is 0 Å². The highest BCUT2D eigenvalue weighted by Gasteiger charge is 2.47. The zero-order valence-electron chi connectivity index (χ0n) is 17.8. The number of alkyl halides is 5. The highest BCUT2D eigenvalue weighted by atomic mass is 19.4. The van der Waals surface area contributed by atoms with Crippen molar-refractivity contribution in [3.8, 4) is 0 Å². The van der Waals surface area contributed by atoms with Gasteiger partial charge in [-0.25, -0.2) is 8.78 Å². The Morgan fingerprint density at radius 1 is 1.36 bits per heavy atom. The average Bonchev–Trinajstić information content (AvgIpc) is 2.99. The molecule has 1 fully saturated rings. The molecule has 3 rings (SSSR count). The first-order valence-electron chi connectivity index (χ1n) is 9.84. The van der Waals surface area contributed by atoms with Crippen LogP contribution >= 0.6 is 0 Å². The molecule has 2 aliphatic rings. The minimum atomic E-state index is -4.66. The van der Waals surface area contributed by atoms with Crippen LogP contribution in [0.25, 0.3) is 0 Å². The smallest absolute Gasteiger partial charge is 0.433 e. The van der Waals surface area contributed by atoms with Crippen molar-refractivity contribution in [2.24, 2.45) is 0 Å². The molecule has 1 saturated heterocycles. The van der Waals surface area contributed by atoms with Gasteiger partial charge in [0, 0.05) is 30.9 Å². The number of ether oxygens (including phenoxy) is 1. The Morgan fingerprint density at radius 2 is 2.09 bits per heavy atom. The van der Waals surface area contributed by atoms with Crippen molar-refractivity contribution in [1.29, 1.82) is 5.41 Å². The number of hydrogen-bond acceptors (Lipinski definition) is 6. The first-order valence-corrected chi connectivity index (χ1v) is 9.84. The molecule has 0 spiro atoms. The maximum Gasteiger partial charge on any atom is 0.433 e. The van der Waals surface area contributed by atoms with Gasteiger partial charge < -0.3 is 20.8 Å². The van der Waals surface area contributed by atoms with E-state index in [4.69, 9.17) is 10.1 Å². The van der Waals surface area contributed by atoms with Gasteiger partial charge in [0.25, 0.3) is 11.8 Å². The summed E-state index contributed by atoms with van der Waals surface area (Å²) in [7, 11) is 2.91. The molecule has 1 unspecified atom stereocenters. The Labute approximate surface area is 186 Å². The lowest BCUT2D eigenvalue weighted by Gasteiger charge is -2.22. The molecular weight excluding hydrogens is 449 g/mol. The first kappa shape index (κ1) is 24.4. The van der Waals surface area contributed by atoms with E-state index in [-0.39, 0.29) is 34.8 Å². The summed E-state index contributed by atoms with van der Waals surface area (Å²) in [4.78, 5) is 17.5. The molecule has 33 heavy (non-hydrogen) atoms. The van der Waals surface area contributed by atoms with Crippen molar-refractivity contribution in [3.05, 3.63) is 64.8 Å². The third kappa shape index (κ3) is 5.56. The summed E-state index contributed by atoms with van der Waals surface area (Å²) >= 11 is 0. The number of hydrogen-bond donors (Lipinski definition) is 3. The summed E-state index contributed by atoms with van der Waals surface area (Å²) in [6.45, 7) is -0.992. The minimum absolute atomic E-state index is 0.0424. The van der Waals surface area contributed by atoms with Crippen molar-refractivity contribution >= 4 is 11.6 Å². The Kier molecular flexibility index (Phi) is 6.86. The van der Waals surface area contributed by atoms with Gasteiger partial charge >= 0.3 is 6.18 Å². The highest BCUT2D eigenvalue weighted by molar-refractivity contribution is 6.14. The van der Waals surface area contributed by atoms with Crippen molar-refractivity contribution in [2.45, 2.75) is 24.7 Å². The van der Waals surface area contributed by atoms with E-state index in [2.05, 4.69) is 15.6 Å². The van der Waals surface area contributed by atoms with Crippen LogP contribution in [0.4, 0.5) is 22.0 Å². The van der Waals surface area contributed by atoms with Crippen LogP contribution in [0.5, 0.6) is 0 Å². The summed E-state index contributed by atoms with van der Waals surface area (Å²) in [6, 6.07) is 1.17. The fourth-order valence-electron chi connectivity index (χ4n) is 3.52. The van der Waals surface area contributed by atoms with E-state index in [1.165, 1.54) is 49.4 Å². The summed E-state index contributed by atoms with van der Waals surface area (Å²) < 4.78 is 73.0. The molecular formula is C21H22F5N5O2. The monoisotopic (exact) mass is 471 g/mol. The molecule has 7 nitrogen and oxygen atoms in total. The second kappa shape index (κ2) is 9.30. The number of allylic oxidation sites excluding steroid dienone is 4. The van der Waals surface area contributed by atoms with Crippen LogP contribution in [-0.2, 0) is 22.3 Å². The average molecular weight is 471 g/mol. The van der Waals surface area contributed by atoms with Crippen LogP contribution in [-0.4, -0.2) is 60.7 Å². The van der Waals surface area contributed by atoms with Gasteiger partial charge in [0.1, 0.15) is 24.1 Å². The second-order valence-corrected chi connectivity index (χ2v) is 7.61. The number of pyridine rings is 1. The molecule has 1 aliphatic heterocycles. The van der Waals surface area contributed by atoms with Gasteiger partial charge in [0.05, 0.1) is 12.3 Å². The number of carbonyl (C=O) groups excluding carboxylic acids is 1. The standard InChI is InChI=1S/C21H22F5N5O2/c1-28-17(19(32)30-16-9-31(2)11-20(16,22)23)14-8-13(5-6-15(14)27)33-10-12-4-3-7-29-18(12)21(24,25)26/h3-8,16,27-28H,9-11H2,1-2H3,(H,30,32)/b17-14-,27-15?. The molecule has 1 aromatic heterocycles. The number of nitrogens with one attached hydrogen (secondary N) is 3. The van der Waals surface area contributed by atoms with Crippen molar-refractivity contribution in [2.75, 3.05) is 27.2 Å². The fraction of sp³-hybridized carbons (Fsp3) is 0.381. The van der Waals surface area contributed by atoms with Crippen LogP contribution in [0, 0.1) is 5.41 Å². The number of likely N-dealkylation sites (tertiary alicyclic amines) is 1. The maximum atomic E-state index is 14.1. The molecule has 12 heteroatoms. The zero-order valence-corrected chi connectivity index (χ0v) is 17.8. The summed E-state index contributed by atoms with van der Waals surface area (Å²) in [5.41, 5.74) is -1.47. The quantitative estimate of drug-likeness (QED) is 0.439. The Bertz CT molecular complexity index is 1030. The van der Waals surface area contributed by atoms with E-state index in [0.717, 1.165) is 6.20 Å². The molecule has 1 aliphatic carbocycles. The topological polar surface area (TPSA) is 90.3 Å². The first-order chi connectivity index (χ1) is 15.4. The van der Waals surface area contributed by atoms with E-state index < -0.39 is 42.9 Å². The third-order valence-corrected chi connectivity index (χ3v) is 5.08. The molecule has 0 radical (unpaired) electrons. The van der Waals surface area contributed by atoms with Crippen molar-refractivity contribution in [1.82, 2.24) is 20.5 Å². The molecule has 0 saturated carbocycles. The molecule has 178 valence electrons. The van der Waals surface area contributed by atoms with Crippen LogP contribution in [0.1, 0.15) is 11.3 Å². The Morgan fingerprint density at radius 3 is 2.70 bits per heavy atom. The van der Waals surface area contributed by atoms with E-state index in [9.17, 15) is 26.7 Å². The summed E-state index contributed by atoms with van der Waals surface area (Å²) in [6.07, 6.45) is 0.313. The number of carbonyl (C=O) groups is 1. The lowest BCUT2D eigenvalue weighted by atomic mass is 10.0. The van der Waals surface area contributed by atoms with E-state index >= 15 is 0 Å². The highest BCUT2D eigenvalue weighted by Crippen LogP contribution is 2.31. The van der Waals surface area contributed by atoms with Gasteiger partial charge in [-0.3, -0.25) is 14.7 Å². The van der Waals surface area contributed by atoms with E-state index in [0.29, 0.717) is 0 Å². The predicted octanol–water partition coefficient (Wildman–Crippen LogP) is 2.63. The van der Waals surface area contributed by atoms with Gasteiger partial charge in [-0.15, -0.1) is 0 Å². The van der Waals surface area contributed by atoms with Gasteiger partial charge in [0.15, 0.2) is 5.69 Å². The lowest BCUT2D eigenvalue weighted by Crippen LogP contribution is -2.48. The molecule has 1 amide bonds. The van der Waals surface area contributed by atoms with Crippen LogP contribution in [0.15, 0.2) is 53.6 Å².